The standard InChI is InChI=1S/C26H26O2/c1-27-25-19-15-23(16-20-25)13-11-9-7-5-3-4-6-8-10-12-14-24-17-21-26(28-2)22-18-24/h3-22H,1-2H3/b5-3+,6-4+,9-7+,10-8+,13-11+,14-12+. The zero-order chi connectivity index (χ0) is 19.9. The molecule has 2 aromatic carbocycles. The smallest absolute Gasteiger partial charge is 0.118 e. The van der Waals surface area contributed by atoms with Crippen molar-refractivity contribution in [3.63, 3.8) is 0 Å². The molecule has 0 aliphatic rings. The van der Waals surface area contributed by atoms with Gasteiger partial charge in [-0.15, -0.1) is 0 Å². The summed E-state index contributed by atoms with van der Waals surface area (Å²) in [7, 11) is 3.34. The first-order valence-corrected chi connectivity index (χ1v) is 9.11. The first kappa shape index (κ1) is 20.8. The van der Waals surface area contributed by atoms with Crippen LogP contribution in [0, 0.1) is 0 Å². The normalized spacial score (nSPS) is 12.5. The van der Waals surface area contributed by atoms with Crippen LogP contribution in [0.5, 0.6) is 11.5 Å². The van der Waals surface area contributed by atoms with E-state index in [1.165, 1.54) is 0 Å². The summed E-state index contributed by atoms with van der Waals surface area (Å²) >= 11 is 0. The molecule has 2 nitrogen and oxygen atoms in total. The summed E-state index contributed by atoms with van der Waals surface area (Å²) in [6, 6.07) is 15.9. The van der Waals surface area contributed by atoms with Crippen molar-refractivity contribution in [2.45, 2.75) is 0 Å². The van der Waals surface area contributed by atoms with Gasteiger partial charge in [-0.1, -0.05) is 97.2 Å². The molecular weight excluding hydrogens is 344 g/mol. The zero-order valence-corrected chi connectivity index (χ0v) is 16.4. The third-order valence-corrected chi connectivity index (χ3v) is 3.81. The second-order valence-corrected chi connectivity index (χ2v) is 5.80. The molecule has 0 amide bonds. The Hall–Kier alpha value is -3.52. The van der Waals surface area contributed by atoms with Gasteiger partial charge in [0.25, 0.3) is 0 Å². The molecule has 0 aromatic heterocycles. The summed E-state index contributed by atoms with van der Waals surface area (Å²) < 4.78 is 10.3. The van der Waals surface area contributed by atoms with Gasteiger partial charge in [-0.3, -0.25) is 0 Å². The van der Waals surface area contributed by atoms with Crippen LogP contribution in [-0.2, 0) is 0 Å². The average molecular weight is 370 g/mol. The van der Waals surface area contributed by atoms with Gasteiger partial charge in [-0.05, 0) is 35.4 Å². The minimum atomic E-state index is 0.868. The van der Waals surface area contributed by atoms with Gasteiger partial charge in [0.1, 0.15) is 11.5 Å². The number of methoxy groups -OCH3 is 2. The Labute approximate surface area is 168 Å². The Bertz CT molecular complexity index is 786. The molecule has 28 heavy (non-hydrogen) atoms. The van der Waals surface area contributed by atoms with E-state index in [4.69, 9.17) is 9.47 Å². The van der Waals surface area contributed by atoms with Crippen molar-refractivity contribution in [3.8, 4) is 11.5 Å². The lowest BCUT2D eigenvalue weighted by Crippen LogP contribution is -1.81. The van der Waals surface area contributed by atoms with Crippen molar-refractivity contribution in [1.82, 2.24) is 0 Å². The molecule has 0 unspecified atom stereocenters. The van der Waals surface area contributed by atoms with E-state index < -0.39 is 0 Å². The van der Waals surface area contributed by atoms with E-state index in [2.05, 4.69) is 12.2 Å². The number of hydrogen-bond donors (Lipinski definition) is 0. The summed E-state index contributed by atoms with van der Waals surface area (Å²) in [6.07, 6.45) is 24.1. The highest BCUT2D eigenvalue weighted by atomic mass is 16.5. The highest BCUT2D eigenvalue weighted by Gasteiger charge is 1.89. The Balaban J connectivity index is 1.68. The van der Waals surface area contributed by atoms with Crippen LogP contribution in [0.4, 0.5) is 0 Å². The maximum absolute atomic E-state index is 5.14. The van der Waals surface area contributed by atoms with Crippen molar-refractivity contribution < 1.29 is 9.47 Å². The molecular formula is C26H26O2. The van der Waals surface area contributed by atoms with E-state index >= 15 is 0 Å². The van der Waals surface area contributed by atoms with Gasteiger partial charge in [0.2, 0.25) is 0 Å². The molecule has 0 spiro atoms. The molecule has 2 aromatic rings. The van der Waals surface area contributed by atoms with E-state index in [1.54, 1.807) is 14.2 Å². The molecule has 0 heterocycles. The van der Waals surface area contributed by atoms with Crippen molar-refractivity contribution in [2.24, 2.45) is 0 Å². The number of hydrogen-bond acceptors (Lipinski definition) is 2. The maximum Gasteiger partial charge on any atom is 0.118 e. The number of rotatable bonds is 9. The molecule has 0 saturated carbocycles. The Morgan fingerprint density at radius 1 is 0.429 bits per heavy atom. The highest BCUT2D eigenvalue weighted by Crippen LogP contribution is 2.13. The van der Waals surface area contributed by atoms with Gasteiger partial charge in [0.05, 0.1) is 14.2 Å². The quantitative estimate of drug-likeness (QED) is 0.460. The number of allylic oxidation sites excluding steroid dienone is 10. The largest absolute Gasteiger partial charge is 0.497 e. The summed E-state index contributed by atoms with van der Waals surface area (Å²) in [6.45, 7) is 0. The Morgan fingerprint density at radius 2 is 0.714 bits per heavy atom. The van der Waals surface area contributed by atoms with Crippen LogP contribution in [-0.4, -0.2) is 14.2 Å². The topological polar surface area (TPSA) is 18.5 Å². The maximum atomic E-state index is 5.14. The van der Waals surface area contributed by atoms with Gasteiger partial charge < -0.3 is 9.47 Å². The molecule has 0 fully saturated rings. The average Bonchev–Trinajstić information content (AvgIpc) is 2.75. The summed E-state index contributed by atoms with van der Waals surface area (Å²) in [5.74, 6) is 1.74. The van der Waals surface area contributed by atoms with Crippen LogP contribution in [0.25, 0.3) is 12.2 Å². The SMILES string of the molecule is COc1ccc(/C=C/C=C/C=C/C=C/C=C/C=C/c2ccc(OC)cc2)cc1. The van der Waals surface area contributed by atoms with Gasteiger partial charge in [-0.25, -0.2) is 0 Å². The van der Waals surface area contributed by atoms with E-state index in [0.29, 0.717) is 0 Å². The lowest BCUT2D eigenvalue weighted by molar-refractivity contribution is 0.414. The fourth-order valence-electron chi connectivity index (χ4n) is 2.28. The first-order valence-electron chi connectivity index (χ1n) is 9.11. The minimum Gasteiger partial charge on any atom is -0.497 e. The van der Waals surface area contributed by atoms with Crippen LogP contribution in [0.2, 0.25) is 0 Å². The summed E-state index contributed by atoms with van der Waals surface area (Å²) in [4.78, 5) is 0. The fraction of sp³-hybridized carbons (Fsp3) is 0.0769. The molecule has 142 valence electrons. The van der Waals surface area contributed by atoms with E-state index in [0.717, 1.165) is 22.6 Å². The molecule has 0 radical (unpaired) electrons. The van der Waals surface area contributed by atoms with Gasteiger partial charge in [0, 0.05) is 0 Å². The van der Waals surface area contributed by atoms with Crippen LogP contribution in [0.15, 0.2) is 109 Å². The first-order chi connectivity index (χ1) is 13.8. The molecule has 0 atom stereocenters. The molecule has 0 saturated heterocycles. The van der Waals surface area contributed by atoms with Crippen LogP contribution < -0.4 is 9.47 Å². The predicted molar refractivity (Wildman–Crippen MR) is 121 cm³/mol. The van der Waals surface area contributed by atoms with Crippen LogP contribution >= 0.6 is 0 Å². The van der Waals surface area contributed by atoms with Gasteiger partial charge in [-0.2, -0.15) is 0 Å². The van der Waals surface area contributed by atoms with Crippen molar-refractivity contribution in [1.29, 1.82) is 0 Å². The number of ether oxygens (including phenoxy) is 2. The summed E-state index contributed by atoms with van der Waals surface area (Å²) in [5, 5.41) is 0. The van der Waals surface area contributed by atoms with E-state index in [-0.39, 0.29) is 0 Å². The Kier molecular flexibility index (Phi) is 9.48. The van der Waals surface area contributed by atoms with Crippen LogP contribution in [0.3, 0.4) is 0 Å². The highest BCUT2D eigenvalue weighted by molar-refractivity contribution is 5.53. The molecule has 0 aliphatic heterocycles. The molecule has 0 N–H and O–H groups in total. The second kappa shape index (κ2) is 12.8. The van der Waals surface area contributed by atoms with Crippen molar-refractivity contribution in [3.05, 3.63) is 120 Å². The van der Waals surface area contributed by atoms with E-state index in [9.17, 15) is 0 Å². The summed E-state index contributed by atoms with van der Waals surface area (Å²) in [5.41, 5.74) is 2.28. The van der Waals surface area contributed by atoms with Crippen molar-refractivity contribution >= 4 is 12.2 Å². The van der Waals surface area contributed by atoms with E-state index in [1.807, 2.05) is 109 Å². The monoisotopic (exact) mass is 370 g/mol. The molecule has 0 bridgehead atoms. The molecule has 2 heteroatoms. The zero-order valence-electron chi connectivity index (χ0n) is 16.4. The van der Waals surface area contributed by atoms with Crippen LogP contribution in [0.1, 0.15) is 11.1 Å². The van der Waals surface area contributed by atoms with Gasteiger partial charge in [0.15, 0.2) is 0 Å². The molecule has 0 aliphatic carbocycles. The fourth-order valence-corrected chi connectivity index (χ4v) is 2.28. The Morgan fingerprint density at radius 3 is 1.00 bits per heavy atom. The van der Waals surface area contributed by atoms with Crippen molar-refractivity contribution in [2.75, 3.05) is 14.2 Å². The lowest BCUT2D eigenvalue weighted by Gasteiger charge is -1.98. The second-order valence-electron chi connectivity index (χ2n) is 5.80. The predicted octanol–water partition coefficient (Wildman–Crippen LogP) is 6.66. The molecule has 2 rings (SSSR count). The minimum absolute atomic E-state index is 0.868. The van der Waals surface area contributed by atoms with Gasteiger partial charge >= 0.3 is 0 Å². The lowest BCUT2D eigenvalue weighted by atomic mass is 10.2. The third-order valence-electron chi connectivity index (χ3n) is 3.81. The number of benzene rings is 2. The third kappa shape index (κ3) is 8.24.